The van der Waals surface area contributed by atoms with Gasteiger partial charge in [-0.25, -0.2) is 14.5 Å². The first kappa shape index (κ1) is 15.4. The van der Waals surface area contributed by atoms with Crippen LogP contribution in [0.25, 0.3) is 0 Å². The van der Waals surface area contributed by atoms with Crippen molar-refractivity contribution in [3.05, 3.63) is 23.8 Å². The van der Waals surface area contributed by atoms with E-state index in [4.69, 9.17) is 15.6 Å². The quantitative estimate of drug-likeness (QED) is 0.734. The van der Waals surface area contributed by atoms with Crippen LogP contribution in [-0.4, -0.2) is 41.3 Å². The summed E-state index contributed by atoms with van der Waals surface area (Å²) in [5, 5.41) is 18.3. The number of ether oxygens (including phenoxy) is 1. The minimum absolute atomic E-state index is 0.0387. The summed E-state index contributed by atoms with van der Waals surface area (Å²) < 4.78 is 4.71. The molecule has 108 valence electrons. The van der Waals surface area contributed by atoms with Crippen molar-refractivity contribution in [2.75, 3.05) is 18.1 Å². The van der Waals surface area contributed by atoms with Crippen molar-refractivity contribution in [2.24, 2.45) is 5.73 Å². The van der Waals surface area contributed by atoms with Crippen LogP contribution in [0.4, 0.5) is 10.5 Å². The molecule has 1 aromatic rings. The number of carboxylic acid groups (broad SMARTS) is 1. The summed E-state index contributed by atoms with van der Waals surface area (Å²) >= 11 is 0. The molecule has 0 bridgehead atoms. The molecule has 0 heterocycles. The van der Waals surface area contributed by atoms with Gasteiger partial charge >= 0.3 is 12.1 Å². The first-order valence-electron chi connectivity index (χ1n) is 5.68. The number of rotatable bonds is 4. The third-order valence-corrected chi connectivity index (χ3v) is 2.34. The van der Waals surface area contributed by atoms with Gasteiger partial charge in [0.2, 0.25) is 5.91 Å². The molecular weight excluding hydrogens is 268 g/mol. The number of amides is 2. The van der Waals surface area contributed by atoms with E-state index in [9.17, 15) is 19.5 Å². The van der Waals surface area contributed by atoms with Crippen molar-refractivity contribution >= 4 is 23.7 Å². The standard InChI is InChI=1S/C12H14N2O6/c1-2-20-12(19)14(10(16)6-13)7-3-4-9(15)8(5-7)11(17)18/h3-5,15H,2,6,13H2,1H3,(H,17,18). The highest BCUT2D eigenvalue weighted by Gasteiger charge is 2.25. The lowest BCUT2D eigenvalue weighted by Gasteiger charge is -2.20. The van der Waals surface area contributed by atoms with Gasteiger partial charge in [0.1, 0.15) is 11.3 Å². The van der Waals surface area contributed by atoms with E-state index in [2.05, 4.69) is 0 Å². The first-order chi connectivity index (χ1) is 9.42. The van der Waals surface area contributed by atoms with E-state index in [0.717, 1.165) is 12.1 Å². The van der Waals surface area contributed by atoms with Crippen LogP contribution in [0.15, 0.2) is 18.2 Å². The molecule has 1 rings (SSSR count). The molecule has 0 aliphatic heterocycles. The molecule has 0 unspecified atom stereocenters. The van der Waals surface area contributed by atoms with Crippen molar-refractivity contribution in [1.82, 2.24) is 0 Å². The number of aromatic carboxylic acids is 1. The maximum Gasteiger partial charge on any atom is 0.421 e. The number of nitrogens with zero attached hydrogens (tertiary/aromatic N) is 1. The SMILES string of the molecule is CCOC(=O)N(C(=O)CN)c1ccc(O)c(C(=O)O)c1. The highest BCUT2D eigenvalue weighted by atomic mass is 16.6. The molecule has 1 aromatic carbocycles. The minimum Gasteiger partial charge on any atom is -0.507 e. The van der Waals surface area contributed by atoms with Crippen LogP contribution >= 0.6 is 0 Å². The van der Waals surface area contributed by atoms with Crippen LogP contribution in [0.2, 0.25) is 0 Å². The summed E-state index contributed by atoms with van der Waals surface area (Å²) in [7, 11) is 0. The fourth-order valence-electron chi connectivity index (χ4n) is 1.46. The monoisotopic (exact) mass is 282 g/mol. The fourth-order valence-corrected chi connectivity index (χ4v) is 1.46. The Morgan fingerprint density at radius 1 is 1.35 bits per heavy atom. The normalized spacial score (nSPS) is 9.90. The van der Waals surface area contributed by atoms with Crippen molar-refractivity contribution in [3.63, 3.8) is 0 Å². The van der Waals surface area contributed by atoms with E-state index in [1.165, 1.54) is 6.07 Å². The average molecular weight is 282 g/mol. The van der Waals surface area contributed by atoms with Gasteiger partial charge in [0.15, 0.2) is 0 Å². The summed E-state index contributed by atoms with van der Waals surface area (Å²) in [4.78, 5) is 35.0. The van der Waals surface area contributed by atoms with Crippen LogP contribution in [0.3, 0.4) is 0 Å². The summed E-state index contributed by atoms with van der Waals surface area (Å²) in [6.07, 6.45) is -0.968. The molecule has 20 heavy (non-hydrogen) atoms. The summed E-state index contributed by atoms with van der Waals surface area (Å²) in [6.45, 7) is 1.14. The molecule has 0 fully saturated rings. The smallest absolute Gasteiger partial charge is 0.421 e. The van der Waals surface area contributed by atoms with Crippen LogP contribution in [0.1, 0.15) is 17.3 Å². The molecular formula is C12H14N2O6. The zero-order valence-corrected chi connectivity index (χ0v) is 10.7. The molecule has 4 N–H and O–H groups in total. The van der Waals surface area contributed by atoms with E-state index < -0.39 is 35.8 Å². The third kappa shape index (κ3) is 3.23. The number of benzene rings is 1. The zero-order chi connectivity index (χ0) is 15.3. The van der Waals surface area contributed by atoms with Crippen LogP contribution in [-0.2, 0) is 9.53 Å². The number of nitrogens with two attached hydrogens (primary N) is 1. The third-order valence-electron chi connectivity index (χ3n) is 2.34. The van der Waals surface area contributed by atoms with Gasteiger partial charge in [-0.1, -0.05) is 0 Å². The van der Waals surface area contributed by atoms with Gasteiger partial charge in [0, 0.05) is 0 Å². The van der Waals surface area contributed by atoms with Crippen molar-refractivity contribution < 1.29 is 29.3 Å². The molecule has 2 amide bonds. The van der Waals surface area contributed by atoms with Crippen molar-refractivity contribution in [1.29, 1.82) is 0 Å². The van der Waals surface area contributed by atoms with E-state index in [-0.39, 0.29) is 12.3 Å². The lowest BCUT2D eigenvalue weighted by molar-refractivity contribution is -0.116. The number of anilines is 1. The number of carboxylic acids is 1. The highest BCUT2D eigenvalue weighted by Crippen LogP contribution is 2.24. The molecule has 0 aromatic heterocycles. The van der Waals surface area contributed by atoms with Crippen LogP contribution < -0.4 is 10.6 Å². The topological polar surface area (TPSA) is 130 Å². The van der Waals surface area contributed by atoms with Crippen LogP contribution in [0, 0.1) is 0 Å². The Bertz CT molecular complexity index is 543. The van der Waals surface area contributed by atoms with Crippen molar-refractivity contribution in [2.45, 2.75) is 6.92 Å². The van der Waals surface area contributed by atoms with Gasteiger partial charge in [-0.05, 0) is 25.1 Å². The predicted octanol–water partition coefficient (Wildman–Crippen LogP) is 0.539. The van der Waals surface area contributed by atoms with Gasteiger partial charge in [0.25, 0.3) is 0 Å². The largest absolute Gasteiger partial charge is 0.507 e. The Labute approximate surface area is 114 Å². The Balaban J connectivity index is 3.27. The number of aromatic hydroxyl groups is 1. The molecule has 0 atom stereocenters. The molecule has 0 saturated heterocycles. The minimum atomic E-state index is -1.40. The molecule has 0 radical (unpaired) electrons. The Kier molecular flexibility index (Phi) is 5.04. The second-order valence-corrected chi connectivity index (χ2v) is 3.64. The van der Waals surface area contributed by atoms with Crippen LogP contribution in [0.5, 0.6) is 5.75 Å². The maximum absolute atomic E-state index is 11.7. The zero-order valence-electron chi connectivity index (χ0n) is 10.7. The number of phenols is 1. The molecule has 0 aliphatic carbocycles. The summed E-state index contributed by atoms with van der Waals surface area (Å²) in [5.41, 5.74) is 4.72. The number of carbonyl (C=O) groups is 3. The maximum atomic E-state index is 11.7. The van der Waals surface area contributed by atoms with E-state index in [0.29, 0.717) is 4.90 Å². The molecule has 0 saturated carbocycles. The van der Waals surface area contributed by atoms with Gasteiger partial charge in [-0.3, -0.25) is 4.79 Å². The number of hydrogen-bond acceptors (Lipinski definition) is 6. The lowest BCUT2D eigenvalue weighted by atomic mass is 10.1. The lowest BCUT2D eigenvalue weighted by Crippen LogP contribution is -2.41. The molecule has 8 heteroatoms. The number of carbonyl (C=O) groups excluding carboxylic acids is 2. The summed E-state index contributed by atoms with van der Waals surface area (Å²) in [6, 6.07) is 3.27. The second kappa shape index (κ2) is 6.53. The first-order valence-corrected chi connectivity index (χ1v) is 5.68. The predicted molar refractivity (Wildman–Crippen MR) is 68.6 cm³/mol. The molecule has 8 nitrogen and oxygen atoms in total. The van der Waals surface area contributed by atoms with Gasteiger partial charge in [-0.2, -0.15) is 0 Å². The van der Waals surface area contributed by atoms with E-state index >= 15 is 0 Å². The van der Waals surface area contributed by atoms with Gasteiger partial charge in [0.05, 0.1) is 18.8 Å². The summed E-state index contributed by atoms with van der Waals surface area (Å²) in [5.74, 6) is -2.64. The van der Waals surface area contributed by atoms with E-state index in [1.807, 2.05) is 0 Å². The highest BCUT2D eigenvalue weighted by molar-refractivity contribution is 6.13. The average Bonchev–Trinajstić information content (AvgIpc) is 2.40. The fraction of sp³-hybridized carbons (Fsp3) is 0.250. The number of imide groups is 1. The Morgan fingerprint density at radius 3 is 2.50 bits per heavy atom. The van der Waals surface area contributed by atoms with Gasteiger partial charge in [-0.15, -0.1) is 0 Å². The number of hydrogen-bond donors (Lipinski definition) is 3. The molecule has 0 spiro atoms. The van der Waals surface area contributed by atoms with Gasteiger partial charge < -0.3 is 20.7 Å². The second-order valence-electron chi connectivity index (χ2n) is 3.64. The Hall–Kier alpha value is -2.61. The Morgan fingerprint density at radius 2 is 2.00 bits per heavy atom. The molecule has 0 aliphatic rings. The van der Waals surface area contributed by atoms with E-state index in [1.54, 1.807) is 6.92 Å². The van der Waals surface area contributed by atoms with Crippen molar-refractivity contribution in [3.8, 4) is 5.75 Å².